The number of hydrogen-bond donors (Lipinski definition) is 0. The first kappa shape index (κ1) is 13.8. The quantitative estimate of drug-likeness (QED) is 0.603. The van der Waals surface area contributed by atoms with Crippen LogP contribution in [-0.2, 0) is 4.79 Å². The van der Waals surface area contributed by atoms with Crippen LogP contribution in [0.5, 0.6) is 5.75 Å². The van der Waals surface area contributed by atoms with E-state index in [2.05, 4.69) is 0 Å². The first-order chi connectivity index (χ1) is 8.49. The van der Waals surface area contributed by atoms with Crippen molar-refractivity contribution < 1.29 is 9.53 Å². The molecule has 0 aromatic heterocycles. The highest BCUT2D eigenvalue weighted by Gasteiger charge is 2.11. The fourth-order valence-electron chi connectivity index (χ4n) is 1.54. The molecule has 0 fully saturated rings. The highest BCUT2D eigenvalue weighted by atomic mass is 16.5. The largest absolute Gasteiger partial charge is 0.496 e. The van der Waals surface area contributed by atoms with E-state index < -0.39 is 0 Å². The van der Waals surface area contributed by atoms with Crippen LogP contribution in [0.1, 0.15) is 11.1 Å². The Hall–Kier alpha value is -2.28. The molecule has 1 amide bonds. The molecule has 0 unspecified atom stereocenters. The topological polar surface area (TPSA) is 53.3 Å². The summed E-state index contributed by atoms with van der Waals surface area (Å²) in [4.78, 5) is 13.1. The smallest absolute Gasteiger partial charge is 0.264 e. The highest BCUT2D eigenvalue weighted by molar-refractivity contribution is 6.01. The Balaban J connectivity index is 3.12. The number of carbonyl (C=O) groups excluding carboxylic acids is 1. The summed E-state index contributed by atoms with van der Waals surface area (Å²) in [5.41, 5.74) is 1.88. The Morgan fingerprint density at radius 1 is 1.44 bits per heavy atom. The maximum absolute atomic E-state index is 11.7. The van der Waals surface area contributed by atoms with Gasteiger partial charge in [0.05, 0.1) is 7.11 Å². The van der Waals surface area contributed by atoms with Crippen molar-refractivity contribution in [3.05, 3.63) is 34.9 Å². The molecule has 4 nitrogen and oxygen atoms in total. The van der Waals surface area contributed by atoms with E-state index >= 15 is 0 Å². The molecule has 0 saturated heterocycles. The Bertz CT molecular complexity index is 525. The zero-order valence-electron chi connectivity index (χ0n) is 11.0. The average molecular weight is 244 g/mol. The number of nitrogens with zero attached hydrogens (tertiary/aromatic N) is 2. The zero-order valence-corrected chi connectivity index (χ0v) is 11.0. The lowest BCUT2D eigenvalue weighted by Crippen LogP contribution is -2.22. The lowest BCUT2D eigenvalue weighted by atomic mass is 10.1. The molecule has 0 heterocycles. The Kier molecular flexibility index (Phi) is 4.50. The zero-order chi connectivity index (χ0) is 13.7. The third kappa shape index (κ3) is 3.11. The van der Waals surface area contributed by atoms with Crippen LogP contribution in [0.25, 0.3) is 6.08 Å². The van der Waals surface area contributed by atoms with Crippen molar-refractivity contribution >= 4 is 12.0 Å². The summed E-state index contributed by atoms with van der Waals surface area (Å²) >= 11 is 0. The Morgan fingerprint density at radius 2 is 2.11 bits per heavy atom. The van der Waals surface area contributed by atoms with Gasteiger partial charge < -0.3 is 9.64 Å². The molecule has 1 aromatic rings. The molecule has 0 bridgehead atoms. The molecule has 0 aliphatic heterocycles. The lowest BCUT2D eigenvalue weighted by molar-refractivity contribution is -0.124. The summed E-state index contributed by atoms with van der Waals surface area (Å²) in [7, 11) is 4.84. The number of hydrogen-bond acceptors (Lipinski definition) is 3. The molecule has 94 valence electrons. The molecule has 0 aliphatic rings. The van der Waals surface area contributed by atoms with Crippen LogP contribution in [0, 0.1) is 18.3 Å². The van der Waals surface area contributed by atoms with E-state index in [1.165, 1.54) is 4.90 Å². The maximum atomic E-state index is 11.7. The minimum atomic E-state index is -0.300. The summed E-state index contributed by atoms with van der Waals surface area (Å²) in [5.74, 6) is 0.482. The SMILES string of the molecule is COc1ccc(/C=C(/C#N)C(=O)N(C)C)cc1C. The molecule has 0 aliphatic carbocycles. The molecule has 0 radical (unpaired) electrons. The van der Waals surface area contributed by atoms with Gasteiger partial charge in [-0.1, -0.05) is 6.07 Å². The van der Waals surface area contributed by atoms with E-state index in [1.807, 2.05) is 31.2 Å². The minimum absolute atomic E-state index is 0.115. The summed E-state index contributed by atoms with van der Waals surface area (Å²) in [6, 6.07) is 7.42. The molecule has 0 atom stereocenters. The standard InChI is InChI=1S/C14H16N2O2/c1-10-7-11(5-6-13(10)18-4)8-12(9-15)14(17)16(2)3/h5-8H,1-4H3/b12-8-. The number of likely N-dealkylation sites (N-methyl/N-ethyl adjacent to an activating group) is 1. The Morgan fingerprint density at radius 3 is 2.56 bits per heavy atom. The highest BCUT2D eigenvalue weighted by Crippen LogP contribution is 2.20. The van der Waals surface area contributed by atoms with Crippen LogP contribution >= 0.6 is 0 Å². The molecule has 1 rings (SSSR count). The third-order valence-electron chi connectivity index (χ3n) is 2.49. The first-order valence-electron chi connectivity index (χ1n) is 5.47. The van der Waals surface area contributed by atoms with Gasteiger partial charge >= 0.3 is 0 Å². The van der Waals surface area contributed by atoms with Crippen LogP contribution in [0.4, 0.5) is 0 Å². The number of rotatable bonds is 3. The number of benzene rings is 1. The second kappa shape index (κ2) is 5.87. The molecule has 4 heteroatoms. The van der Waals surface area contributed by atoms with Gasteiger partial charge in [0, 0.05) is 14.1 Å². The number of amides is 1. The number of aryl methyl sites for hydroxylation is 1. The normalized spacial score (nSPS) is 10.7. The predicted octanol–water partition coefficient (Wildman–Crippen LogP) is 2.00. The summed E-state index contributed by atoms with van der Waals surface area (Å²) < 4.78 is 5.16. The van der Waals surface area contributed by atoms with Gasteiger partial charge in [-0.25, -0.2) is 0 Å². The summed E-state index contributed by atoms with van der Waals surface area (Å²) in [6.07, 6.45) is 1.58. The second-order valence-electron chi connectivity index (χ2n) is 4.10. The van der Waals surface area contributed by atoms with Crippen molar-refractivity contribution in [1.82, 2.24) is 4.90 Å². The monoisotopic (exact) mass is 244 g/mol. The van der Waals surface area contributed by atoms with Gasteiger partial charge in [-0.15, -0.1) is 0 Å². The number of nitriles is 1. The van der Waals surface area contributed by atoms with E-state index in [0.29, 0.717) is 0 Å². The summed E-state index contributed by atoms with van der Waals surface area (Å²) in [5, 5.41) is 8.99. The van der Waals surface area contributed by atoms with E-state index in [-0.39, 0.29) is 11.5 Å². The van der Waals surface area contributed by atoms with Crippen molar-refractivity contribution in [3.8, 4) is 11.8 Å². The van der Waals surface area contributed by atoms with E-state index in [1.54, 1.807) is 27.3 Å². The Labute approximate surface area is 107 Å². The average Bonchev–Trinajstić information content (AvgIpc) is 2.35. The van der Waals surface area contributed by atoms with Gasteiger partial charge in [-0.3, -0.25) is 4.79 Å². The number of ether oxygens (including phenoxy) is 1. The van der Waals surface area contributed by atoms with Gasteiger partial charge in [-0.2, -0.15) is 5.26 Å². The predicted molar refractivity (Wildman–Crippen MR) is 70.0 cm³/mol. The van der Waals surface area contributed by atoms with E-state index in [0.717, 1.165) is 16.9 Å². The fraction of sp³-hybridized carbons (Fsp3) is 0.286. The molecule has 1 aromatic carbocycles. The van der Waals surface area contributed by atoms with Crippen molar-refractivity contribution in [2.75, 3.05) is 21.2 Å². The third-order valence-corrected chi connectivity index (χ3v) is 2.49. The van der Waals surface area contributed by atoms with Crippen LogP contribution in [-0.4, -0.2) is 32.0 Å². The lowest BCUT2D eigenvalue weighted by Gasteiger charge is -2.09. The van der Waals surface area contributed by atoms with Gasteiger partial charge in [0.2, 0.25) is 0 Å². The van der Waals surface area contributed by atoms with E-state index in [4.69, 9.17) is 10.00 Å². The van der Waals surface area contributed by atoms with E-state index in [9.17, 15) is 4.79 Å². The molecular weight excluding hydrogens is 228 g/mol. The molecule has 0 spiro atoms. The van der Waals surface area contributed by atoms with Crippen molar-refractivity contribution in [3.63, 3.8) is 0 Å². The van der Waals surface area contributed by atoms with Crippen LogP contribution < -0.4 is 4.74 Å². The number of carbonyl (C=O) groups is 1. The van der Waals surface area contributed by atoms with Gasteiger partial charge in [0.1, 0.15) is 17.4 Å². The van der Waals surface area contributed by atoms with Crippen molar-refractivity contribution in [2.45, 2.75) is 6.92 Å². The van der Waals surface area contributed by atoms with Gasteiger partial charge in [0.25, 0.3) is 5.91 Å². The van der Waals surface area contributed by atoms with Crippen LogP contribution in [0.3, 0.4) is 0 Å². The molecule has 0 saturated carbocycles. The molecule has 18 heavy (non-hydrogen) atoms. The van der Waals surface area contributed by atoms with Gasteiger partial charge in [-0.05, 0) is 36.3 Å². The molecule has 0 N–H and O–H groups in total. The van der Waals surface area contributed by atoms with Gasteiger partial charge in [0.15, 0.2) is 0 Å². The second-order valence-corrected chi connectivity index (χ2v) is 4.10. The van der Waals surface area contributed by atoms with Crippen molar-refractivity contribution in [1.29, 1.82) is 5.26 Å². The van der Waals surface area contributed by atoms with Crippen LogP contribution in [0.15, 0.2) is 23.8 Å². The summed E-state index contributed by atoms with van der Waals surface area (Å²) in [6.45, 7) is 1.91. The maximum Gasteiger partial charge on any atom is 0.264 e. The minimum Gasteiger partial charge on any atom is -0.496 e. The fourth-order valence-corrected chi connectivity index (χ4v) is 1.54. The van der Waals surface area contributed by atoms with Crippen LogP contribution in [0.2, 0.25) is 0 Å². The van der Waals surface area contributed by atoms with Crippen molar-refractivity contribution in [2.24, 2.45) is 0 Å². The first-order valence-corrected chi connectivity index (χ1v) is 5.47. The molecular formula is C14H16N2O2. The number of methoxy groups -OCH3 is 1.